The van der Waals surface area contributed by atoms with Crippen molar-refractivity contribution in [3.8, 4) is 0 Å². The molecule has 0 aromatic heterocycles. The van der Waals surface area contributed by atoms with Crippen molar-refractivity contribution in [2.24, 2.45) is 11.8 Å². The second kappa shape index (κ2) is 1.47. The molecule has 0 aromatic rings. The molecule has 2 bridgehead atoms. The Labute approximate surface area is 49.7 Å². The lowest BCUT2D eigenvalue weighted by atomic mass is 9.98. The first-order valence-electron chi connectivity index (χ1n) is 3.54. The highest BCUT2D eigenvalue weighted by atomic mass is 16.3. The van der Waals surface area contributed by atoms with E-state index in [2.05, 4.69) is 0 Å². The van der Waals surface area contributed by atoms with Crippen molar-refractivity contribution in [1.82, 2.24) is 0 Å². The van der Waals surface area contributed by atoms with Crippen LogP contribution in [0, 0.1) is 11.8 Å². The van der Waals surface area contributed by atoms with Crippen LogP contribution in [0.15, 0.2) is 0 Å². The first kappa shape index (κ1) is 4.80. The number of aliphatic hydroxyl groups excluding tert-OH is 1. The van der Waals surface area contributed by atoms with E-state index in [9.17, 15) is 5.11 Å². The van der Waals surface area contributed by atoms with Gasteiger partial charge in [0.2, 0.25) is 0 Å². The minimum absolute atomic E-state index is 0.0775. The minimum atomic E-state index is 0.0775. The highest BCUT2D eigenvalue weighted by Crippen LogP contribution is 2.44. The van der Waals surface area contributed by atoms with Crippen LogP contribution in [0.25, 0.3) is 0 Å². The van der Waals surface area contributed by atoms with Gasteiger partial charge in [0.25, 0.3) is 0 Å². The van der Waals surface area contributed by atoms with E-state index >= 15 is 0 Å². The molecule has 0 radical (unpaired) electrons. The average molecular weight is 112 g/mol. The second-order valence-corrected chi connectivity index (χ2v) is 3.24. The van der Waals surface area contributed by atoms with Crippen LogP contribution < -0.4 is 0 Å². The maximum absolute atomic E-state index is 9.22. The first-order chi connectivity index (χ1) is 3.86. The van der Waals surface area contributed by atoms with Gasteiger partial charge in [-0.3, -0.25) is 0 Å². The maximum atomic E-state index is 9.22. The second-order valence-electron chi connectivity index (χ2n) is 3.24. The van der Waals surface area contributed by atoms with E-state index < -0.39 is 0 Å². The van der Waals surface area contributed by atoms with Gasteiger partial charge in [-0.05, 0) is 37.5 Å². The van der Waals surface area contributed by atoms with E-state index in [1.54, 1.807) is 0 Å². The summed E-state index contributed by atoms with van der Waals surface area (Å²) in [6.45, 7) is 0. The van der Waals surface area contributed by atoms with Crippen molar-refractivity contribution in [2.75, 3.05) is 0 Å². The molecule has 3 atom stereocenters. The lowest BCUT2D eigenvalue weighted by molar-refractivity contribution is 0.113. The molecule has 8 heavy (non-hydrogen) atoms. The molecule has 0 saturated heterocycles. The van der Waals surface area contributed by atoms with Crippen LogP contribution in [0.1, 0.15) is 25.7 Å². The predicted octanol–water partition coefficient (Wildman–Crippen LogP) is 1.17. The molecule has 0 aromatic carbocycles. The number of fused-ring (bicyclic) bond motifs is 2. The lowest BCUT2D eigenvalue weighted by Crippen LogP contribution is -2.14. The quantitative estimate of drug-likeness (QED) is 0.498. The van der Waals surface area contributed by atoms with E-state index in [4.69, 9.17) is 0 Å². The summed E-state index contributed by atoms with van der Waals surface area (Å²) in [6.07, 6.45) is 5.19. The van der Waals surface area contributed by atoms with Crippen LogP contribution in [-0.4, -0.2) is 11.2 Å². The van der Waals surface area contributed by atoms with Crippen molar-refractivity contribution in [3.05, 3.63) is 0 Å². The van der Waals surface area contributed by atoms with Crippen LogP contribution >= 0.6 is 0 Å². The monoisotopic (exact) mass is 112 g/mol. The largest absolute Gasteiger partial charge is 0.393 e. The number of hydrogen-bond acceptors (Lipinski definition) is 1. The van der Waals surface area contributed by atoms with Crippen LogP contribution in [0.2, 0.25) is 0 Å². The summed E-state index contributed by atoms with van der Waals surface area (Å²) in [5, 5.41) is 9.22. The molecule has 1 nitrogen and oxygen atoms in total. The van der Waals surface area contributed by atoms with E-state index in [-0.39, 0.29) is 6.10 Å². The van der Waals surface area contributed by atoms with E-state index in [0.717, 1.165) is 12.3 Å². The van der Waals surface area contributed by atoms with Gasteiger partial charge >= 0.3 is 0 Å². The van der Waals surface area contributed by atoms with Crippen molar-refractivity contribution in [1.29, 1.82) is 0 Å². The molecule has 1 heteroatoms. The van der Waals surface area contributed by atoms with Gasteiger partial charge in [-0.1, -0.05) is 0 Å². The predicted molar refractivity (Wildman–Crippen MR) is 31.5 cm³/mol. The van der Waals surface area contributed by atoms with Gasteiger partial charge < -0.3 is 5.11 Å². The summed E-state index contributed by atoms with van der Waals surface area (Å²) in [5.74, 6) is 1.59. The molecule has 2 aliphatic rings. The molecule has 0 amide bonds. The Kier molecular flexibility index (Phi) is 0.884. The third-order valence-corrected chi connectivity index (χ3v) is 2.70. The zero-order valence-corrected chi connectivity index (χ0v) is 5.01. The highest BCUT2D eigenvalue weighted by molar-refractivity contribution is 4.89. The molecule has 0 aliphatic heterocycles. The summed E-state index contributed by atoms with van der Waals surface area (Å²) in [7, 11) is 0. The Morgan fingerprint density at radius 1 is 1.12 bits per heavy atom. The summed E-state index contributed by atoms with van der Waals surface area (Å²) in [6, 6.07) is 0. The van der Waals surface area contributed by atoms with Crippen molar-refractivity contribution in [2.45, 2.75) is 31.8 Å². The van der Waals surface area contributed by atoms with E-state index in [1.807, 2.05) is 0 Å². The fourth-order valence-electron chi connectivity index (χ4n) is 2.21. The van der Waals surface area contributed by atoms with Gasteiger partial charge in [-0.15, -0.1) is 0 Å². The van der Waals surface area contributed by atoms with Gasteiger partial charge in [0.15, 0.2) is 0 Å². The standard InChI is InChI=1S/C7H12O/c8-7-4-5-1-2-6(7)3-5/h5-8H,1-4H2/t5-,6+,7+/m1/s1. The van der Waals surface area contributed by atoms with Gasteiger partial charge in [0.1, 0.15) is 0 Å². The lowest BCUT2D eigenvalue weighted by Gasteiger charge is -2.14. The highest BCUT2D eigenvalue weighted by Gasteiger charge is 2.38. The summed E-state index contributed by atoms with van der Waals surface area (Å²) < 4.78 is 0. The molecule has 0 spiro atoms. The van der Waals surface area contributed by atoms with Crippen molar-refractivity contribution < 1.29 is 5.11 Å². The fourth-order valence-corrected chi connectivity index (χ4v) is 2.21. The molecule has 2 aliphatic carbocycles. The SMILES string of the molecule is O[C@H]1C[C@@H]2CC[C@H]1C2. The Bertz CT molecular complexity index is 98.6. The molecule has 46 valence electrons. The van der Waals surface area contributed by atoms with E-state index in [1.165, 1.54) is 19.3 Å². The normalized spacial score (nSPS) is 52.9. The number of rotatable bonds is 0. The molecule has 0 heterocycles. The van der Waals surface area contributed by atoms with Crippen LogP contribution in [0.5, 0.6) is 0 Å². The Balaban J connectivity index is 2.11. The zero-order chi connectivity index (χ0) is 5.56. The summed E-state index contributed by atoms with van der Waals surface area (Å²) in [4.78, 5) is 0. The van der Waals surface area contributed by atoms with Crippen molar-refractivity contribution in [3.63, 3.8) is 0 Å². The van der Waals surface area contributed by atoms with Gasteiger partial charge in [0, 0.05) is 0 Å². The summed E-state index contributed by atoms with van der Waals surface area (Å²) in [5.41, 5.74) is 0. The third kappa shape index (κ3) is 0.510. The zero-order valence-electron chi connectivity index (χ0n) is 5.01. The Morgan fingerprint density at radius 3 is 2.25 bits per heavy atom. The van der Waals surface area contributed by atoms with Gasteiger partial charge in [-0.2, -0.15) is 0 Å². The Morgan fingerprint density at radius 2 is 2.00 bits per heavy atom. The first-order valence-corrected chi connectivity index (χ1v) is 3.54. The molecule has 0 unspecified atom stereocenters. The molecule has 2 saturated carbocycles. The Hall–Kier alpha value is -0.0400. The fraction of sp³-hybridized carbons (Fsp3) is 1.00. The number of aliphatic hydroxyl groups is 1. The van der Waals surface area contributed by atoms with Crippen LogP contribution in [0.3, 0.4) is 0 Å². The average Bonchev–Trinajstić information content (AvgIpc) is 2.23. The van der Waals surface area contributed by atoms with Crippen molar-refractivity contribution >= 4 is 0 Å². The molecule has 2 rings (SSSR count). The van der Waals surface area contributed by atoms with Gasteiger partial charge in [-0.25, -0.2) is 0 Å². The van der Waals surface area contributed by atoms with Gasteiger partial charge in [0.05, 0.1) is 6.10 Å². The smallest absolute Gasteiger partial charge is 0.0571 e. The molecule has 1 N–H and O–H groups in total. The molecular formula is C7H12O. The summed E-state index contributed by atoms with van der Waals surface area (Å²) >= 11 is 0. The maximum Gasteiger partial charge on any atom is 0.0571 e. The van der Waals surface area contributed by atoms with Crippen LogP contribution in [-0.2, 0) is 0 Å². The minimum Gasteiger partial charge on any atom is -0.393 e. The number of hydrogen-bond donors (Lipinski definition) is 1. The van der Waals surface area contributed by atoms with E-state index in [0.29, 0.717) is 5.92 Å². The topological polar surface area (TPSA) is 20.2 Å². The molecule has 2 fully saturated rings. The van der Waals surface area contributed by atoms with Crippen LogP contribution in [0.4, 0.5) is 0 Å². The third-order valence-electron chi connectivity index (χ3n) is 2.70. The molecular weight excluding hydrogens is 100 g/mol.